The Balaban J connectivity index is 1.62. The highest BCUT2D eigenvalue weighted by atomic mass is 32.1. The Morgan fingerprint density at radius 3 is 2.56 bits per heavy atom. The summed E-state index contributed by atoms with van der Waals surface area (Å²) in [6.45, 7) is 0. The molecule has 4 aromatic rings. The number of likely N-dealkylation sites (N-methyl/N-ethyl adjacent to an activating group) is 1. The van der Waals surface area contributed by atoms with Crippen LogP contribution in [0.25, 0.3) is 10.9 Å². The Morgan fingerprint density at radius 2 is 1.82 bits per heavy atom. The number of methoxy groups -OCH3 is 2. The van der Waals surface area contributed by atoms with E-state index in [0.29, 0.717) is 28.3 Å². The van der Waals surface area contributed by atoms with Crippen LogP contribution in [0.15, 0.2) is 66.2 Å². The molecule has 0 bridgehead atoms. The SMILES string of the molecule is COc1cc2c(cc1OC)C(C(=O)Nc1cnc3ccccc3c1)C(c1cccs1)N(C)C2=O. The molecule has 0 spiro atoms. The van der Waals surface area contributed by atoms with E-state index in [1.165, 1.54) is 25.6 Å². The molecule has 2 aromatic heterocycles. The molecule has 0 saturated carbocycles. The number of thiophene rings is 1. The van der Waals surface area contributed by atoms with Gasteiger partial charge in [-0.15, -0.1) is 11.3 Å². The third-order valence-electron chi connectivity index (χ3n) is 6.15. The van der Waals surface area contributed by atoms with Gasteiger partial charge in [0.25, 0.3) is 5.91 Å². The maximum absolute atomic E-state index is 13.8. The van der Waals surface area contributed by atoms with Crippen LogP contribution in [0.5, 0.6) is 11.5 Å². The van der Waals surface area contributed by atoms with Crippen molar-refractivity contribution in [2.45, 2.75) is 12.0 Å². The zero-order chi connectivity index (χ0) is 23.8. The first-order valence-corrected chi connectivity index (χ1v) is 11.6. The number of carbonyl (C=O) groups is 2. The third-order valence-corrected chi connectivity index (χ3v) is 7.09. The lowest BCUT2D eigenvalue weighted by Crippen LogP contribution is -2.43. The molecule has 0 fully saturated rings. The number of hydrogen-bond acceptors (Lipinski definition) is 6. The van der Waals surface area contributed by atoms with Crippen LogP contribution in [-0.4, -0.2) is 43.0 Å². The van der Waals surface area contributed by atoms with Gasteiger partial charge in [-0.05, 0) is 41.3 Å². The van der Waals surface area contributed by atoms with Crippen molar-refractivity contribution >= 4 is 39.7 Å². The Hall–Kier alpha value is -3.91. The second-order valence-electron chi connectivity index (χ2n) is 8.05. The van der Waals surface area contributed by atoms with Crippen molar-refractivity contribution < 1.29 is 19.1 Å². The normalized spacial score (nSPS) is 17.4. The number of pyridine rings is 1. The van der Waals surface area contributed by atoms with Gasteiger partial charge in [-0.2, -0.15) is 0 Å². The summed E-state index contributed by atoms with van der Waals surface area (Å²) in [5, 5.41) is 5.90. The Labute approximate surface area is 200 Å². The van der Waals surface area contributed by atoms with E-state index in [9.17, 15) is 9.59 Å². The summed E-state index contributed by atoms with van der Waals surface area (Å²) in [6, 6.07) is 16.4. The van der Waals surface area contributed by atoms with Crippen molar-refractivity contribution in [3.8, 4) is 11.5 Å². The van der Waals surface area contributed by atoms with Gasteiger partial charge in [-0.25, -0.2) is 0 Å². The molecule has 1 N–H and O–H groups in total. The van der Waals surface area contributed by atoms with Gasteiger partial charge >= 0.3 is 0 Å². The average Bonchev–Trinajstić information content (AvgIpc) is 3.39. The van der Waals surface area contributed by atoms with Crippen LogP contribution in [0.4, 0.5) is 5.69 Å². The topological polar surface area (TPSA) is 80.8 Å². The van der Waals surface area contributed by atoms with Crippen molar-refractivity contribution in [1.29, 1.82) is 0 Å². The number of nitrogens with zero attached hydrogens (tertiary/aromatic N) is 2. The lowest BCUT2D eigenvalue weighted by Gasteiger charge is -2.39. The van der Waals surface area contributed by atoms with Gasteiger partial charge in [0.1, 0.15) is 0 Å². The van der Waals surface area contributed by atoms with Crippen LogP contribution in [0, 0.1) is 0 Å². The van der Waals surface area contributed by atoms with Crippen molar-refractivity contribution in [1.82, 2.24) is 9.88 Å². The van der Waals surface area contributed by atoms with Gasteiger partial charge in [-0.3, -0.25) is 14.6 Å². The zero-order valence-corrected chi connectivity index (χ0v) is 19.8. The molecule has 2 atom stereocenters. The molecule has 3 heterocycles. The number of rotatable bonds is 5. The lowest BCUT2D eigenvalue weighted by atomic mass is 9.81. The summed E-state index contributed by atoms with van der Waals surface area (Å²) in [5.41, 5.74) is 2.47. The molecule has 2 amide bonds. The number of hydrogen-bond donors (Lipinski definition) is 1. The monoisotopic (exact) mass is 473 g/mol. The Morgan fingerprint density at radius 1 is 1.06 bits per heavy atom. The summed E-state index contributed by atoms with van der Waals surface area (Å²) < 4.78 is 10.9. The first kappa shape index (κ1) is 21.9. The number of amides is 2. The van der Waals surface area contributed by atoms with E-state index in [-0.39, 0.29) is 11.8 Å². The van der Waals surface area contributed by atoms with Crippen LogP contribution in [-0.2, 0) is 4.79 Å². The standard InChI is InChI=1S/C26H23N3O4S/c1-29-24(22-9-6-10-34-22)23(17-12-20(32-2)21(33-3)13-18(17)26(29)31)25(30)28-16-11-15-7-4-5-8-19(15)27-14-16/h4-14,23-24H,1-3H3,(H,28,30). The summed E-state index contributed by atoms with van der Waals surface area (Å²) in [5.74, 6) is -0.166. The number of ether oxygens (including phenoxy) is 2. The quantitative estimate of drug-likeness (QED) is 0.448. The van der Waals surface area contributed by atoms with Crippen molar-refractivity contribution in [3.05, 3.63) is 82.2 Å². The minimum Gasteiger partial charge on any atom is -0.493 e. The summed E-state index contributed by atoms with van der Waals surface area (Å²) >= 11 is 1.51. The number of nitrogens with one attached hydrogen (secondary N) is 1. The van der Waals surface area contributed by atoms with Gasteiger partial charge in [0, 0.05) is 22.9 Å². The fourth-order valence-electron chi connectivity index (χ4n) is 4.51. The molecule has 34 heavy (non-hydrogen) atoms. The Kier molecular flexibility index (Phi) is 5.67. The fraction of sp³-hybridized carbons (Fsp3) is 0.192. The van der Waals surface area contributed by atoms with E-state index in [0.717, 1.165) is 15.8 Å². The van der Waals surface area contributed by atoms with Crippen LogP contribution >= 0.6 is 11.3 Å². The van der Waals surface area contributed by atoms with E-state index in [2.05, 4.69) is 10.3 Å². The van der Waals surface area contributed by atoms with E-state index in [4.69, 9.17) is 9.47 Å². The van der Waals surface area contributed by atoms with E-state index in [1.54, 1.807) is 30.3 Å². The van der Waals surface area contributed by atoms with Gasteiger partial charge in [0.05, 0.1) is 43.6 Å². The molecule has 0 saturated heterocycles. The molecule has 2 aromatic carbocycles. The van der Waals surface area contributed by atoms with Crippen LogP contribution < -0.4 is 14.8 Å². The number of carbonyl (C=O) groups excluding carboxylic acids is 2. The Bertz CT molecular complexity index is 1390. The minimum absolute atomic E-state index is 0.175. The lowest BCUT2D eigenvalue weighted by molar-refractivity contribution is -0.119. The smallest absolute Gasteiger partial charge is 0.254 e. The molecule has 172 valence electrons. The number of aromatic nitrogens is 1. The highest BCUT2D eigenvalue weighted by molar-refractivity contribution is 7.10. The van der Waals surface area contributed by atoms with Crippen LogP contribution in [0.2, 0.25) is 0 Å². The molecule has 5 rings (SSSR count). The van der Waals surface area contributed by atoms with E-state index in [1.807, 2.05) is 47.8 Å². The molecule has 2 unspecified atom stereocenters. The average molecular weight is 474 g/mol. The van der Waals surface area contributed by atoms with E-state index < -0.39 is 12.0 Å². The molecule has 0 aliphatic carbocycles. The largest absolute Gasteiger partial charge is 0.493 e. The van der Waals surface area contributed by atoms with Gasteiger partial charge < -0.3 is 19.7 Å². The summed E-state index contributed by atoms with van der Waals surface area (Å²) in [7, 11) is 4.78. The summed E-state index contributed by atoms with van der Waals surface area (Å²) in [4.78, 5) is 34.2. The first-order chi connectivity index (χ1) is 16.5. The molecule has 8 heteroatoms. The van der Waals surface area contributed by atoms with Crippen molar-refractivity contribution in [2.24, 2.45) is 0 Å². The second kappa shape index (κ2) is 8.79. The third kappa shape index (κ3) is 3.66. The molecular formula is C26H23N3O4S. The molecular weight excluding hydrogens is 450 g/mol. The minimum atomic E-state index is -0.664. The van der Waals surface area contributed by atoms with Gasteiger partial charge in [0.2, 0.25) is 5.91 Å². The van der Waals surface area contributed by atoms with Gasteiger partial charge in [-0.1, -0.05) is 24.3 Å². The number of para-hydroxylation sites is 1. The highest BCUT2D eigenvalue weighted by Gasteiger charge is 2.44. The first-order valence-electron chi connectivity index (χ1n) is 10.7. The number of benzene rings is 2. The number of anilines is 1. The van der Waals surface area contributed by atoms with Gasteiger partial charge in [0.15, 0.2) is 11.5 Å². The molecule has 0 radical (unpaired) electrons. The zero-order valence-electron chi connectivity index (χ0n) is 18.9. The maximum atomic E-state index is 13.8. The maximum Gasteiger partial charge on any atom is 0.254 e. The second-order valence-corrected chi connectivity index (χ2v) is 9.03. The highest BCUT2D eigenvalue weighted by Crippen LogP contribution is 2.46. The van der Waals surface area contributed by atoms with Crippen LogP contribution in [0.3, 0.4) is 0 Å². The predicted molar refractivity (Wildman–Crippen MR) is 132 cm³/mol. The van der Waals surface area contributed by atoms with Crippen molar-refractivity contribution in [2.75, 3.05) is 26.6 Å². The molecule has 1 aliphatic heterocycles. The molecule has 1 aliphatic rings. The van der Waals surface area contributed by atoms with Crippen LogP contribution in [0.1, 0.15) is 32.8 Å². The molecule has 7 nitrogen and oxygen atoms in total. The predicted octanol–water partition coefficient (Wildman–Crippen LogP) is 4.86. The van der Waals surface area contributed by atoms with Crippen molar-refractivity contribution in [3.63, 3.8) is 0 Å². The van der Waals surface area contributed by atoms with E-state index >= 15 is 0 Å². The fourth-order valence-corrected chi connectivity index (χ4v) is 5.41. The number of fused-ring (bicyclic) bond motifs is 2. The summed E-state index contributed by atoms with van der Waals surface area (Å²) in [6.07, 6.45) is 1.65.